The minimum Gasteiger partial charge on any atom is -0.321 e. The number of nitrogens with two attached hydrogens (primary N) is 1. The second-order valence-corrected chi connectivity index (χ2v) is 6.74. The molecular weight excluding hydrogens is 324 g/mol. The Balaban J connectivity index is 2.08. The number of fused-ring (bicyclic) bond motifs is 1. The summed E-state index contributed by atoms with van der Waals surface area (Å²) in [5.41, 5.74) is 8.40. The number of hydrogen-bond acceptors (Lipinski definition) is 4. The number of aromatic nitrogens is 3. The van der Waals surface area contributed by atoms with Gasteiger partial charge in [-0.25, -0.2) is 4.98 Å². The van der Waals surface area contributed by atoms with Crippen LogP contribution in [0.5, 0.6) is 0 Å². The first-order valence-corrected chi connectivity index (χ1v) is 8.33. The predicted molar refractivity (Wildman–Crippen MR) is 94.5 cm³/mol. The van der Waals surface area contributed by atoms with Gasteiger partial charge >= 0.3 is 0 Å². The molecule has 122 valence electrons. The quantitative estimate of drug-likeness (QED) is 0.794. The molecule has 0 radical (unpaired) electrons. The van der Waals surface area contributed by atoms with Gasteiger partial charge < -0.3 is 5.73 Å². The molecule has 1 saturated carbocycles. The van der Waals surface area contributed by atoms with Crippen LogP contribution in [0.2, 0.25) is 5.02 Å². The molecule has 4 rings (SSSR count). The van der Waals surface area contributed by atoms with E-state index in [9.17, 15) is 4.79 Å². The Hall–Kier alpha value is -2.24. The van der Waals surface area contributed by atoms with E-state index in [1.807, 2.05) is 13.0 Å². The van der Waals surface area contributed by atoms with Gasteiger partial charge in [-0.1, -0.05) is 17.7 Å². The summed E-state index contributed by atoms with van der Waals surface area (Å²) < 4.78 is 1.57. The van der Waals surface area contributed by atoms with E-state index in [4.69, 9.17) is 17.3 Å². The van der Waals surface area contributed by atoms with Crippen LogP contribution in [0.15, 0.2) is 41.5 Å². The predicted octanol–water partition coefficient (Wildman–Crippen LogP) is 3.15. The van der Waals surface area contributed by atoms with Crippen LogP contribution < -0.4 is 11.3 Å². The number of aryl methyl sites for hydroxylation is 1. The lowest BCUT2D eigenvalue weighted by Crippen LogP contribution is -2.29. The van der Waals surface area contributed by atoms with E-state index < -0.39 is 0 Å². The van der Waals surface area contributed by atoms with Crippen LogP contribution in [-0.2, 0) is 0 Å². The maximum absolute atomic E-state index is 13.2. The summed E-state index contributed by atoms with van der Waals surface area (Å²) in [4.78, 5) is 22.1. The lowest BCUT2D eigenvalue weighted by molar-refractivity contribution is 0.573. The van der Waals surface area contributed by atoms with Crippen molar-refractivity contribution in [1.29, 1.82) is 0 Å². The lowest BCUT2D eigenvalue weighted by atomic mass is 10.1. The summed E-state index contributed by atoms with van der Waals surface area (Å²) in [6.45, 7) is 1.93. The van der Waals surface area contributed by atoms with E-state index in [1.54, 1.807) is 35.2 Å². The number of rotatable bonds is 3. The van der Waals surface area contributed by atoms with E-state index in [1.165, 1.54) is 0 Å². The first-order valence-electron chi connectivity index (χ1n) is 7.95. The minimum absolute atomic E-state index is 0.205. The molecule has 0 spiro atoms. The molecule has 1 fully saturated rings. The fourth-order valence-electron chi connectivity index (χ4n) is 3.01. The summed E-state index contributed by atoms with van der Waals surface area (Å²) in [6, 6.07) is 6.92. The zero-order chi connectivity index (χ0) is 16.8. The average Bonchev–Trinajstić information content (AvgIpc) is 3.38. The van der Waals surface area contributed by atoms with Gasteiger partial charge in [-0.05, 0) is 49.4 Å². The third kappa shape index (κ3) is 2.50. The van der Waals surface area contributed by atoms with Crippen LogP contribution in [0.3, 0.4) is 0 Å². The van der Waals surface area contributed by atoms with Crippen molar-refractivity contribution < 1.29 is 0 Å². The number of hydrogen-bond donors (Lipinski definition) is 1. The van der Waals surface area contributed by atoms with Gasteiger partial charge in [-0.3, -0.25) is 14.3 Å². The molecular formula is C18H17ClN4O. The summed E-state index contributed by atoms with van der Waals surface area (Å²) >= 11 is 6.26. The van der Waals surface area contributed by atoms with Gasteiger partial charge in [0.2, 0.25) is 0 Å². The number of nitrogens with zero attached hydrogens (tertiary/aromatic N) is 3. The molecule has 2 N–H and O–H groups in total. The molecule has 24 heavy (non-hydrogen) atoms. The van der Waals surface area contributed by atoms with E-state index in [2.05, 4.69) is 9.97 Å². The van der Waals surface area contributed by atoms with Gasteiger partial charge in [-0.2, -0.15) is 0 Å². The molecule has 0 aliphatic heterocycles. The standard InChI is InChI=1S/C18H17ClN4O/c1-10-7-12(9-21-8-10)23-17(16(20)11-5-6-11)22-14-4-2-3-13(19)15(14)18(23)24/h2-4,7-9,11,16H,5-6,20H2,1H3. The van der Waals surface area contributed by atoms with Crippen LogP contribution in [0.25, 0.3) is 16.6 Å². The third-order valence-electron chi connectivity index (χ3n) is 4.42. The number of halogens is 1. The first-order chi connectivity index (χ1) is 11.6. The summed E-state index contributed by atoms with van der Waals surface area (Å²) in [5, 5.41) is 0.804. The number of benzene rings is 1. The monoisotopic (exact) mass is 340 g/mol. The van der Waals surface area contributed by atoms with Gasteiger partial charge in [0.15, 0.2) is 0 Å². The highest BCUT2D eigenvalue weighted by atomic mass is 35.5. The Morgan fingerprint density at radius 2 is 2.12 bits per heavy atom. The molecule has 0 amide bonds. The third-order valence-corrected chi connectivity index (χ3v) is 4.73. The molecule has 1 aliphatic carbocycles. The number of pyridine rings is 1. The van der Waals surface area contributed by atoms with Gasteiger partial charge in [-0.15, -0.1) is 0 Å². The fourth-order valence-corrected chi connectivity index (χ4v) is 3.26. The van der Waals surface area contributed by atoms with E-state index >= 15 is 0 Å². The summed E-state index contributed by atoms with van der Waals surface area (Å²) in [5.74, 6) is 0.946. The van der Waals surface area contributed by atoms with Crippen molar-refractivity contribution in [1.82, 2.24) is 14.5 Å². The van der Waals surface area contributed by atoms with Gasteiger partial charge in [0, 0.05) is 6.20 Å². The normalized spacial score (nSPS) is 15.6. The largest absolute Gasteiger partial charge is 0.321 e. The maximum atomic E-state index is 13.2. The highest BCUT2D eigenvalue weighted by Crippen LogP contribution is 2.39. The zero-order valence-corrected chi connectivity index (χ0v) is 14.0. The molecule has 2 heterocycles. The van der Waals surface area contributed by atoms with Crippen LogP contribution >= 0.6 is 11.6 Å². The summed E-state index contributed by atoms with van der Waals surface area (Å²) in [7, 11) is 0. The molecule has 1 unspecified atom stereocenters. The highest BCUT2D eigenvalue weighted by Gasteiger charge is 2.33. The van der Waals surface area contributed by atoms with Crippen LogP contribution in [0, 0.1) is 12.8 Å². The Morgan fingerprint density at radius 3 is 2.83 bits per heavy atom. The summed E-state index contributed by atoms with van der Waals surface area (Å²) in [6.07, 6.45) is 5.53. The van der Waals surface area contributed by atoms with Crippen LogP contribution in [0.1, 0.15) is 30.3 Å². The second-order valence-electron chi connectivity index (χ2n) is 6.33. The van der Waals surface area contributed by atoms with Crippen molar-refractivity contribution in [2.45, 2.75) is 25.8 Å². The SMILES string of the molecule is Cc1cncc(-n2c(C(N)C3CC3)nc3cccc(Cl)c3c2=O)c1. The maximum Gasteiger partial charge on any atom is 0.267 e. The average molecular weight is 341 g/mol. The van der Waals surface area contributed by atoms with Crippen molar-refractivity contribution in [2.75, 3.05) is 0 Å². The van der Waals surface area contributed by atoms with Crippen molar-refractivity contribution in [3.05, 3.63) is 63.4 Å². The van der Waals surface area contributed by atoms with Crippen molar-refractivity contribution in [2.24, 2.45) is 11.7 Å². The minimum atomic E-state index is -0.276. The molecule has 3 aromatic rings. The molecule has 0 bridgehead atoms. The Morgan fingerprint density at radius 1 is 1.33 bits per heavy atom. The van der Waals surface area contributed by atoms with E-state index in [0.717, 1.165) is 18.4 Å². The van der Waals surface area contributed by atoms with Crippen molar-refractivity contribution in [3.63, 3.8) is 0 Å². The van der Waals surface area contributed by atoms with Crippen LogP contribution in [0.4, 0.5) is 0 Å². The van der Waals surface area contributed by atoms with Gasteiger partial charge in [0.05, 0.1) is 33.9 Å². The van der Waals surface area contributed by atoms with Gasteiger partial charge in [0.25, 0.3) is 5.56 Å². The molecule has 1 atom stereocenters. The van der Waals surface area contributed by atoms with Crippen LogP contribution in [-0.4, -0.2) is 14.5 Å². The molecule has 6 heteroatoms. The first kappa shape index (κ1) is 15.3. The van der Waals surface area contributed by atoms with Crippen molar-refractivity contribution >= 4 is 22.5 Å². The Kier molecular flexibility index (Phi) is 3.62. The smallest absolute Gasteiger partial charge is 0.267 e. The molecule has 5 nitrogen and oxygen atoms in total. The second kappa shape index (κ2) is 5.69. The van der Waals surface area contributed by atoms with Crippen molar-refractivity contribution in [3.8, 4) is 5.69 Å². The molecule has 2 aromatic heterocycles. The lowest BCUT2D eigenvalue weighted by Gasteiger charge is -2.18. The molecule has 0 saturated heterocycles. The van der Waals surface area contributed by atoms with E-state index in [0.29, 0.717) is 33.4 Å². The molecule has 1 aromatic carbocycles. The topological polar surface area (TPSA) is 73.8 Å². The zero-order valence-electron chi connectivity index (χ0n) is 13.2. The Labute approximate surface area is 144 Å². The van der Waals surface area contributed by atoms with Gasteiger partial charge in [0.1, 0.15) is 5.82 Å². The fraction of sp³-hybridized carbons (Fsp3) is 0.278. The Bertz CT molecular complexity index is 994. The molecule has 1 aliphatic rings. The highest BCUT2D eigenvalue weighted by molar-refractivity contribution is 6.35. The van der Waals surface area contributed by atoms with E-state index in [-0.39, 0.29) is 11.6 Å².